The van der Waals surface area contributed by atoms with E-state index in [1.807, 2.05) is 16.9 Å². The van der Waals surface area contributed by atoms with Gasteiger partial charge in [0.2, 0.25) is 0 Å². The molecule has 2 aromatic heterocycles. The van der Waals surface area contributed by atoms with Gasteiger partial charge in [0.15, 0.2) is 0 Å². The highest BCUT2D eigenvalue weighted by atomic mass is 16.1. The van der Waals surface area contributed by atoms with E-state index >= 15 is 0 Å². The van der Waals surface area contributed by atoms with E-state index in [9.17, 15) is 4.79 Å². The zero-order valence-corrected chi connectivity index (χ0v) is 10.2. The smallest absolute Gasteiger partial charge is 0.253 e. The summed E-state index contributed by atoms with van der Waals surface area (Å²) in [5.74, 6) is 0. The van der Waals surface area contributed by atoms with Gasteiger partial charge in [-0.3, -0.25) is 14.0 Å². The highest BCUT2D eigenvalue weighted by Gasteiger charge is 2.17. The van der Waals surface area contributed by atoms with Crippen molar-refractivity contribution in [1.82, 2.24) is 19.3 Å². The van der Waals surface area contributed by atoms with E-state index in [0.29, 0.717) is 12.6 Å². The van der Waals surface area contributed by atoms with Gasteiger partial charge < -0.3 is 0 Å². The maximum absolute atomic E-state index is 11.6. The number of rotatable bonds is 3. The summed E-state index contributed by atoms with van der Waals surface area (Å²) in [6.07, 6.45) is 10.1. The second kappa shape index (κ2) is 4.76. The predicted molar refractivity (Wildman–Crippen MR) is 67.3 cm³/mol. The molecule has 1 fully saturated rings. The maximum Gasteiger partial charge on any atom is 0.253 e. The Morgan fingerprint density at radius 2 is 2.11 bits per heavy atom. The molecule has 0 aliphatic heterocycles. The first-order valence-electron chi connectivity index (χ1n) is 6.37. The summed E-state index contributed by atoms with van der Waals surface area (Å²) in [5.41, 5.74) is 0.873. The topological polar surface area (TPSA) is 52.7 Å². The SMILES string of the molecule is O=c1ccncn1Cc1ccn(C2CCCC2)n1. The largest absolute Gasteiger partial charge is 0.293 e. The number of nitrogens with zero attached hydrogens (tertiary/aromatic N) is 4. The second-order valence-corrected chi connectivity index (χ2v) is 4.77. The third-order valence-electron chi connectivity index (χ3n) is 3.49. The van der Waals surface area contributed by atoms with Crippen molar-refractivity contribution in [3.63, 3.8) is 0 Å². The van der Waals surface area contributed by atoms with Crippen molar-refractivity contribution in [2.45, 2.75) is 38.3 Å². The fraction of sp³-hybridized carbons (Fsp3) is 0.462. The van der Waals surface area contributed by atoms with Crippen LogP contribution in [0.1, 0.15) is 37.4 Å². The minimum absolute atomic E-state index is 0.0413. The van der Waals surface area contributed by atoms with E-state index < -0.39 is 0 Å². The minimum atomic E-state index is -0.0413. The van der Waals surface area contributed by atoms with Gasteiger partial charge in [-0.05, 0) is 18.9 Å². The van der Waals surface area contributed by atoms with Crippen molar-refractivity contribution in [2.75, 3.05) is 0 Å². The summed E-state index contributed by atoms with van der Waals surface area (Å²) in [7, 11) is 0. The van der Waals surface area contributed by atoms with Crippen LogP contribution in [0.2, 0.25) is 0 Å². The van der Waals surface area contributed by atoms with Gasteiger partial charge in [0, 0.05) is 18.5 Å². The van der Waals surface area contributed by atoms with Gasteiger partial charge in [0.05, 0.1) is 24.6 Å². The van der Waals surface area contributed by atoms with Gasteiger partial charge in [-0.2, -0.15) is 5.10 Å². The minimum Gasteiger partial charge on any atom is -0.293 e. The summed E-state index contributed by atoms with van der Waals surface area (Å²) in [6.45, 7) is 0.492. The molecule has 5 nitrogen and oxygen atoms in total. The lowest BCUT2D eigenvalue weighted by Gasteiger charge is -2.08. The molecule has 3 rings (SSSR count). The van der Waals surface area contributed by atoms with Crippen molar-refractivity contribution in [1.29, 1.82) is 0 Å². The third kappa shape index (κ3) is 2.20. The van der Waals surface area contributed by atoms with Crippen LogP contribution in [0.25, 0.3) is 0 Å². The zero-order chi connectivity index (χ0) is 12.4. The van der Waals surface area contributed by atoms with Crippen molar-refractivity contribution in [2.24, 2.45) is 0 Å². The molecular weight excluding hydrogens is 228 g/mol. The standard InChI is InChI=1S/C13H16N4O/c18-13-5-7-14-10-16(13)9-11-6-8-17(15-11)12-3-1-2-4-12/h5-8,10,12H,1-4,9H2. The maximum atomic E-state index is 11.6. The quantitative estimate of drug-likeness (QED) is 0.824. The molecule has 0 spiro atoms. The summed E-state index contributed by atoms with van der Waals surface area (Å²) in [4.78, 5) is 15.5. The zero-order valence-electron chi connectivity index (χ0n) is 10.2. The highest BCUT2D eigenvalue weighted by Crippen LogP contribution is 2.28. The van der Waals surface area contributed by atoms with Crippen molar-refractivity contribution in [3.05, 3.63) is 46.9 Å². The molecule has 0 bridgehead atoms. The molecule has 0 N–H and O–H groups in total. The molecule has 0 unspecified atom stereocenters. The molecule has 0 amide bonds. The van der Waals surface area contributed by atoms with Crippen LogP contribution in [-0.2, 0) is 6.54 Å². The molecule has 94 valence electrons. The summed E-state index contributed by atoms with van der Waals surface area (Å²) < 4.78 is 3.62. The Morgan fingerprint density at radius 3 is 2.89 bits per heavy atom. The highest BCUT2D eigenvalue weighted by molar-refractivity contribution is 5.01. The van der Waals surface area contributed by atoms with Crippen LogP contribution >= 0.6 is 0 Å². The molecule has 2 heterocycles. The fourth-order valence-corrected chi connectivity index (χ4v) is 2.51. The molecule has 5 heteroatoms. The normalized spacial score (nSPS) is 16.2. The number of hydrogen-bond donors (Lipinski definition) is 0. The van der Waals surface area contributed by atoms with Gasteiger partial charge in [-0.1, -0.05) is 12.8 Å². The molecule has 1 aliphatic rings. The molecule has 0 atom stereocenters. The van der Waals surface area contributed by atoms with Crippen LogP contribution in [-0.4, -0.2) is 19.3 Å². The van der Waals surface area contributed by atoms with E-state index in [-0.39, 0.29) is 5.56 Å². The van der Waals surface area contributed by atoms with Crippen LogP contribution in [0.4, 0.5) is 0 Å². The van der Waals surface area contributed by atoms with Crippen molar-refractivity contribution < 1.29 is 0 Å². The first-order valence-corrected chi connectivity index (χ1v) is 6.37. The van der Waals surface area contributed by atoms with Crippen molar-refractivity contribution >= 4 is 0 Å². The molecule has 18 heavy (non-hydrogen) atoms. The first kappa shape index (κ1) is 11.2. The van der Waals surface area contributed by atoms with Crippen LogP contribution < -0.4 is 5.56 Å². The second-order valence-electron chi connectivity index (χ2n) is 4.77. The Bertz CT molecular complexity index is 580. The Hall–Kier alpha value is -1.91. The van der Waals surface area contributed by atoms with Gasteiger partial charge >= 0.3 is 0 Å². The van der Waals surface area contributed by atoms with E-state index in [1.165, 1.54) is 37.9 Å². The lowest BCUT2D eigenvalue weighted by molar-refractivity contribution is 0.461. The molecule has 0 saturated heterocycles. The van der Waals surface area contributed by atoms with Gasteiger partial charge in [-0.15, -0.1) is 0 Å². The van der Waals surface area contributed by atoms with E-state index in [0.717, 1.165) is 5.69 Å². The average molecular weight is 244 g/mol. The first-order chi connectivity index (χ1) is 8.83. The Kier molecular flexibility index (Phi) is 2.96. The van der Waals surface area contributed by atoms with Crippen molar-refractivity contribution in [3.8, 4) is 0 Å². The summed E-state index contributed by atoms with van der Waals surface area (Å²) >= 11 is 0. The van der Waals surface area contributed by atoms with Gasteiger partial charge in [0.25, 0.3) is 5.56 Å². The van der Waals surface area contributed by atoms with Crippen LogP contribution in [0, 0.1) is 0 Å². The van der Waals surface area contributed by atoms with E-state index in [1.54, 1.807) is 10.9 Å². The number of hydrogen-bond acceptors (Lipinski definition) is 3. The number of aromatic nitrogens is 4. The van der Waals surface area contributed by atoms with E-state index in [4.69, 9.17) is 0 Å². The van der Waals surface area contributed by atoms with Gasteiger partial charge in [0.1, 0.15) is 0 Å². The molecule has 0 aromatic carbocycles. The van der Waals surface area contributed by atoms with Gasteiger partial charge in [-0.25, -0.2) is 4.98 Å². The fourth-order valence-electron chi connectivity index (χ4n) is 2.51. The molecule has 2 aromatic rings. The molecule has 0 radical (unpaired) electrons. The lowest BCUT2D eigenvalue weighted by Crippen LogP contribution is -2.19. The average Bonchev–Trinajstić information content (AvgIpc) is 3.02. The van der Waals surface area contributed by atoms with E-state index in [2.05, 4.69) is 10.1 Å². The lowest BCUT2D eigenvalue weighted by atomic mass is 10.3. The molecular formula is C13H16N4O. The monoisotopic (exact) mass is 244 g/mol. The Labute approximate surface area is 105 Å². The third-order valence-corrected chi connectivity index (χ3v) is 3.49. The van der Waals surface area contributed by atoms with Crippen LogP contribution in [0.15, 0.2) is 35.6 Å². The molecule has 1 aliphatic carbocycles. The summed E-state index contributed by atoms with van der Waals surface area (Å²) in [5, 5.41) is 4.56. The Morgan fingerprint density at radius 1 is 1.28 bits per heavy atom. The van der Waals surface area contributed by atoms with Crippen LogP contribution in [0.5, 0.6) is 0 Å². The predicted octanol–water partition coefficient (Wildman–Crippen LogP) is 1.60. The van der Waals surface area contributed by atoms with Crippen LogP contribution in [0.3, 0.4) is 0 Å². The molecule has 1 saturated carbocycles. The Balaban J connectivity index is 1.77. The summed E-state index contributed by atoms with van der Waals surface area (Å²) in [6, 6.07) is 4.00.